The zero-order chi connectivity index (χ0) is 28.6. The SMILES string of the molecule is Cl.Cl.N[C@H]1CC[C@H](Nc2nc(NC3CCN(S(=O)(=O)c4ccccc4[N+](=O)[O-])CC3)c3ncn(C4CCCC4)c3n2)CC1. The molecule has 13 nitrogen and oxygen atoms in total. The molecule has 1 aromatic carbocycles. The number of rotatable bonds is 8. The highest BCUT2D eigenvalue weighted by Gasteiger charge is 2.34. The Morgan fingerprint density at radius 3 is 2.23 bits per heavy atom. The van der Waals surface area contributed by atoms with Crippen molar-refractivity contribution in [2.24, 2.45) is 5.73 Å². The third kappa shape index (κ3) is 6.98. The molecule has 1 saturated heterocycles. The molecule has 3 aliphatic rings. The molecule has 0 radical (unpaired) electrons. The van der Waals surface area contributed by atoms with Gasteiger partial charge in [0.2, 0.25) is 16.0 Å². The highest BCUT2D eigenvalue weighted by atomic mass is 35.5. The summed E-state index contributed by atoms with van der Waals surface area (Å²) >= 11 is 0. The second kappa shape index (κ2) is 13.9. The van der Waals surface area contributed by atoms with E-state index >= 15 is 0 Å². The molecule has 2 aromatic heterocycles. The fraction of sp³-hybridized carbons (Fsp3) is 0.593. The van der Waals surface area contributed by atoms with Gasteiger partial charge in [0.25, 0.3) is 5.69 Å². The Morgan fingerprint density at radius 2 is 1.56 bits per heavy atom. The molecule has 3 fully saturated rings. The number of nitrogens with zero attached hydrogens (tertiary/aromatic N) is 6. The summed E-state index contributed by atoms with van der Waals surface area (Å²) in [6.07, 6.45) is 11.4. The van der Waals surface area contributed by atoms with Gasteiger partial charge in [-0.2, -0.15) is 14.3 Å². The molecule has 236 valence electrons. The predicted octanol–water partition coefficient (Wildman–Crippen LogP) is 4.64. The van der Waals surface area contributed by atoms with E-state index in [4.69, 9.17) is 20.7 Å². The Hall–Kier alpha value is -2.78. The first-order valence-electron chi connectivity index (χ1n) is 14.6. The monoisotopic (exact) mass is 655 g/mol. The highest BCUT2D eigenvalue weighted by Crippen LogP contribution is 2.34. The van der Waals surface area contributed by atoms with Gasteiger partial charge in [-0.25, -0.2) is 13.4 Å². The lowest BCUT2D eigenvalue weighted by atomic mass is 9.92. The van der Waals surface area contributed by atoms with Gasteiger partial charge < -0.3 is 20.9 Å². The van der Waals surface area contributed by atoms with Crippen molar-refractivity contribution in [3.63, 3.8) is 0 Å². The number of nitro groups is 1. The van der Waals surface area contributed by atoms with Crippen molar-refractivity contribution in [3.05, 3.63) is 40.7 Å². The quantitative estimate of drug-likeness (QED) is 0.229. The third-order valence-electron chi connectivity index (χ3n) is 8.72. The topological polar surface area (TPSA) is 174 Å². The maximum absolute atomic E-state index is 13.3. The molecule has 1 aliphatic heterocycles. The minimum absolute atomic E-state index is 0. The highest BCUT2D eigenvalue weighted by molar-refractivity contribution is 7.89. The van der Waals surface area contributed by atoms with Gasteiger partial charge in [-0.1, -0.05) is 25.0 Å². The number of sulfonamides is 1. The first kappa shape index (κ1) is 33.1. The summed E-state index contributed by atoms with van der Waals surface area (Å²) in [5.41, 5.74) is 7.22. The van der Waals surface area contributed by atoms with E-state index in [-0.39, 0.29) is 60.9 Å². The molecule has 0 amide bonds. The maximum atomic E-state index is 13.3. The summed E-state index contributed by atoms with van der Waals surface area (Å²) in [5, 5.41) is 18.5. The summed E-state index contributed by atoms with van der Waals surface area (Å²) in [4.78, 5) is 25.0. The van der Waals surface area contributed by atoms with Crippen LogP contribution in [0.3, 0.4) is 0 Å². The lowest BCUT2D eigenvalue weighted by Crippen LogP contribution is -2.42. The lowest BCUT2D eigenvalue weighted by Gasteiger charge is -2.32. The zero-order valence-electron chi connectivity index (χ0n) is 23.8. The number of nitrogens with two attached hydrogens (primary N) is 1. The normalized spacial score (nSPS) is 22.1. The van der Waals surface area contributed by atoms with Crippen LogP contribution in [0, 0.1) is 10.1 Å². The van der Waals surface area contributed by atoms with Crippen LogP contribution in [0.25, 0.3) is 11.2 Å². The molecule has 43 heavy (non-hydrogen) atoms. The number of benzene rings is 1. The van der Waals surface area contributed by atoms with Gasteiger partial charge in [-0.15, -0.1) is 24.8 Å². The Kier molecular flexibility index (Phi) is 10.7. The van der Waals surface area contributed by atoms with Crippen molar-refractivity contribution in [1.82, 2.24) is 23.8 Å². The molecule has 3 aromatic rings. The van der Waals surface area contributed by atoms with Crippen molar-refractivity contribution < 1.29 is 13.3 Å². The van der Waals surface area contributed by atoms with Crippen LogP contribution in [0.1, 0.15) is 70.3 Å². The summed E-state index contributed by atoms with van der Waals surface area (Å²) in [7, 11) is -4.00. The standard InChI is InChI=1S/C27H37N9O4S.2ClH/c28-18-9-11-19(12-10-18)31-27-32-25(24-26(33-27)35(17-29-24)21-5-1-2-6-21)30-20-13-15-34(16-14-20)41(39,40)23-8-4-3-7-22(23)36(37)38;;/h3-4,7-8,17-21H,1-2,5-6,9-16,28H2,(H2,30,31,32,33);2*1H/t18-,19-;;. The molecule has 16 heteroatoms. The number of para-hydroxylation sites is 1. The van der Waals surface area contributed by atoms with Crippen molar-refractivity contribution in [1.29, 1.82) is 0 Å². The minimum atomic E-state index is -4.00. The zero-order valence-corrected chi connectivity index (χ0v) is 26.2. The molecule has 4 N–H and O–H groups in total. The van der Waals surface area contributed by atoms with E-state index < -0.39 is 20.6 Å². The van der Waals surface area contributed by atoms with Crippen LogP contribution in [-0.2, 0) is 10.0 Å². The number of nitro benzene ring substituents is 1. The average molecular weight is 657 g/mol. The molecule has 2 saturated carbocycles. The molecular formula is C27H39Cl2N9O4S. The van der Waals surface area contributed by atoms with Gasteiger partial charge in [-0.05, 0) is 57.4 Å². The van der Waals surface area contributed by atoms with Gasteiger partial charge in [0.05, 0.1) is 11.3 Å². The number of fused-ring (bicyclic) bond motifs is 1. The summed E-state index contributed by atoms with van der Waals surface area (Å²) in [6.45, 7) is 0.481. The molecule has 3 heterocycles. The number of hydrogen-bond donors (Lipinski definition) is 3. The molecule has 0 bridgehead atoms. The van der Waals surface area contributed by atoms with Crippen LogP contribution >= 0.6 is 24.8 Å². The molecular weight excluding hydrogens is 617 g/mol. The second-order valence-corrected chi connectivity index (χ2v) is 13.4. The Labute approximate surface area is 263 Å². The number of aromatic nitrogens is 4. The number of hydrogen-bond acceptors (Lipinski definition) is 10. The van der Waals surface area contributed by atoms with Crippen molar-refractivity contribution in [2.45, 2.75) is 93.3 Å². The average Bonchev–Trinajstić information content (AvgIpc) is 3.65. The molecule has 0 spiro atoms. The number of imidazole rings is 1. The van der Waals surface area contributed by atoms with Crippen LogP contribution in [0.15, 0.2) is 35.5 Å². The number of halogens is 2. The fourth-order valence-corrected chi connectivity index (χ4v) is 8.00. The second-order valence-electron chi connectivity index (χ2n) is 11.5. The van der Waals surface area contributed by atoms with Crippen LogP contribution in [0.2, 0.25) is 0 Å². The Bertz CT molecular complexity index is 1520. The largest absolute Gasteiger partial charge is 0.365 e. The molecule has 2 aliphatic carbocycles. The van der Waals surface area contributed by atoms with E-state index in [1.807, 2.05) is 6.33 Å². The molecule has 6 rings (SSSR count). The van der Waals surface area contributed by atoms with Crippen LogP contribution in [0.5, 0.6) is 0 Å². The summed E-state index contributed by atoms with van der Waals surface area (Å²) < 4.78 is 30.1. The predicted molar refractivity (Wildman–Crippen MR) is 170 cm³/mol. The van der Waals surface area contributed by atoms with Gasteiger partial charge in [0.1, 0.15) is 0 Å². The van der Waals surface area contributed by atoms with Crippen molar-refractivity contribution in [2.75, 3.05) is 23.7 Å². The summed E-state index contributed by atoms with van der Waals surface area (Å²) in [5.74, 6) is 1.21. The van der Waals surface area contributed by atoms with Gasteiger partial charge in [-0.3, -0.25) is 10.1 Å². The van der Waals surface area contributed by atoms with E-state index in [9.17, 15) is 18.5 Å². The van der Waals surface area contributed by atoms with Crippen LogP contribution in [0.4, 0.5) is 17.5 Å². The number of piperidine rings is 1. The molecule has 0 atom stereocenters. The smallest absolute Gasteiger partial charge is 0.289 e. The minimum Gasteiger partial charge on any atom is -0.365 e. The van der Waals surface area contributed by atoms with E-state index in [2.05, 4.69) is 15.2 Å². The van der Waals surface area contributed by atoms with Crippen LogP contribution in [-0.4, -0.2) is 68.4 Å². The third-order valence-corrected chi connectivity index (χ3v) is 10.7. The van der Waals surface area contributed by atoms with E-state index in [0.717, 1.165) is 44.2 Å². The van der Waals surface area contributed by atoms with E-state index in [1.165, 1.54) is 41.4 Å². The number of anilines is 2. The first-order valence-corrected chi connectivity index (χ1v) is 16.0. The van der Waals surface area contributed by atoms with Crippen molar-refractivity contribution in [3.8, 4) is 0 Å². The first-order chi connectivity index (χ1) is 19.8. The Morgan fingerprint density at radius 1 is 0.907 bits per heavy atom. The summed E-state index contributed by atoms with van der Waals surface area (Å²) in [6, 6.07) is 6.34. The number of nitrogens with one attached hydrogen (secondary N) is 2. The van der Waals surface area contributed by atoms with Gasteiger partial charge >= 0.3 is 0 Å². The maximum Gasteiger partial charge on any atom is 0.289 e. The van der Waals surface area contributed by atoms with E-state index in [0.29, 0.717) is 36.2 Å². The van der Waals surface area contributed by atoms with Crippen molar-refractivity contribution >= 4 is 63.5 Å². The van der Waals surface area contributed by atoms with Gasteiger partial charge in [0, 0.05) is 43.3 Å². The fourth-order valence-electron chi connectivity index (χ4n) is 6.38. The van der Waals surface area contributed by atoms with Gasteiger partial charge in [0.15, 0.2) is 21.9 Å². The van der Waals surface area contributed by atoms with Crippen LogP contribution < -0.4 is 16.4 Å². The van der Waals surface area contributed by atoms with E-state index in [1.54, 1.807) is 0 Å². The Balaban J connectivity index is 0.00000212. The molecule has 0 unspecified atom stereocenters. The lowest BCUT2D eigenvalue weighted by molar-refractivity contribution is -0.387.